The zero-order chi connectivity index (χ0) is 23.6. The molecule has 0 aliphatic heterocycles. The Bertz CT molecular complexity index is 532. The van der Waals surface area contributed by atoms with Crippen LogP contribution in [0.1, 0.15) is 143 Å². The minimum absolute atomic E-state index is 0.0782. The highest BCUT2D eigenvalue weighted by molar-refractivity contribution is 6.20. The number of hydrogen-bond acceptors (Lipinski definition) is 2. The van der Waals surface area contributed by atoms with Crippen LogP contribution in [-0.4, -0.2) is 11.6 Å². The molecule has 0 radical (unpaired) electrons. The van der Waals surface area contributed by atoms with Gasteiger partial charge in [0.15, 0.2) is 11.6 Å². The molecule has 0 bridgehead atoms. The molecule has 0 aromatic rings. The molecule has 0 heterocycles. The van der Waals surface area contributed by atoms with Crippen LogP contribution in [0.15, 0.2) is 23.3 Å². The van der Waals surface area contributed by atoms with Gasteiger partial charge in [0.2, 0.25) is 0 Å². The van der Waals surface area contributed by atoms with Crippen LogP contribution in [-0.2, 0) is 9.59 Å². The van der Waals surface area contributed by atoms with E-state index in [-0.39, 0.29) is 23.4 Å². The molecular weight excluding hydrogens is 392 g/mol. The third kappa shape index (κ3) is 12.2. The smallest absolute Gasteiger partial charge is 0.182 e. The molecule has 0 aromatic carbocycles. The fraction of sp³-hybridized carbons (Fsp3) is 0.800. The first kappa shape index (κ1) is 28.9. The quantitative estimate of drug-likeness (QED) is 0.138. The molecule has 184 valence electrons. The molecule has 1 rings (SSSR count). The summed E-state index contributed by atoms with van der Waals surface area (Å²) >= 11 is 0. The Morgan fingerprint density at radius 3 is 1.09 bits per heavy atom. The SMILES string of the molecule is CCCCCCCCCCC(C)C1=CC(=O)C(C(C)CCCCCCCCCC)=CC1=O. The first-order valence-corrected chi connectivity index (χ1v) is 14.0. The van der Waals surface area contributed by atoms with E-state index in [1.807, 2.05) is 0 Å². The summed E-state index contributed by atoms with van der Waals surface area (Å²) in [5.41, 5.74) is 1.47. The van der Waals surface area contributed by atoms with Gasteiger partial charge in [-0.2, -0.15) is 0 Å². The van der Waals surface area contributed by atoms with Gasteiger partial charge in [0, 0.05) is 11.1 Å². The van der Waals surface area contributed by atoms with Crippen LogP contribution in [0.2, 0.25) is 0 Å². The topological polar surface area (TPSA) is 34.1 Å². The van der Waals surface area contributed by atoms with Crippen LogP contribution in [0, 0.1) is 11.8 Å². The van der Waals surface area contributed by atoms with Crippen molar-refractivity contribution in [2.45, 2.75) is 143 Å². The Balaban J connectivity index is 2.28. The standard InChI is InChI=1S/C30H52O2/c1-5-7-9-11-13-15-17-19-21-25(3)27-23-30(32)28(24-29(27)31)26(4)22-20-18-16-14-12-10-8-6-2/h23-26H,5-22H2,1-4H3. The second-order valence-corrected chi connectivity index (χ2v) is 10.3. The maximum Gasteiger partial charge on any atom is 0.182 e. The number of unbranched alkanes of at least 4 members (excludes halogenated alkanes) is 14. The maximum absolute atomic E-state index is 12.7. The van der Waals surface area contributed by atoms with Crippen molar-refractivity contribution in [2.75, 3.05) is 0 Å². The third-order valence-corrected chi connectivity index (χ3v) is 7.19. The third-order valence-electron chi connectivity index (χ3n) is 7.19. The number of ketones is 2. The number of hydrogen-bond donors (Lipinski definition) is 0. The summed E-state index contributed by atoms with van der Waals surface area (Å²) in [6.07, 6.45) is 26.1. The Morgan fingerprint density at radius 2 is 0.781 bits per heavy atom. The molecule has 2 nitrogen and oxygen atoms in total. The molecule has 0 saturated carbocycles. The highest BCUT2D eigenvalue weighted by atomic mass is 16.1. The Labute approximate surface area is 199 Å². The predicted molar refractivity (Wildman–Crippen MR) is 139 cm³/mol. The van der Waals surface area contributed by atoms with E-state index in [0.29, 0.717) is 0 Å². The van der Waals surface area contributed by atoms with Gasteiger partial charge in [-0.3, -0.25) is 9.59 Å². The highest BCUT2D eigenvalue weighted by Gasteiger charge is 2.26. The number of carbonyl (C=O) groups excluding carboxylic acids is 2. The molecule has 2 atom stereocenters. The van der Waals surface area contributed by atoms with Gasteiger partial charge in [0.05, 0.1) is 0 Å². The van der Waals surface area contributed by atoms with Crippen molar-refractivity contribution < 1.29 is 9.59 Å². The Hall–Kier alpha value is -1.18. The van der Waals surface area contributed by atoms with Crippen molar-refractivity contribution >= 4 is 11.6 Å². The van der Waals surface area contributed by atoms with Gasteiger partial charge in [-0.05, 0) is 36.8 Å². The van der Waals surface area contributed by atoms with Gasteiger partial charge in [-0.15, -0.1) is 0 Å². The zero-order valence-electron chi connectivity index (χ0n) is 21.9. The number of carbonyl (C=O) groups is 2. The molecule has 0 saturated heterocycles. The lowest BCUT2D eigenvalue weighted by Crippen LogP contribution is -2.21. The molecule has 0 N–H and O–H groups in total. The van der Waals surface area contributed by atoms with Crippen LogP contribution in [0.5, 0.6) is 0 Å². The predicted octanol–water partition coefficient (Wildman–Crippen LogP) is 9.32. The summed E-state index contributed by atoms with van der Waals surface area (Å²) in [6.45, 7) is 8.73. The van der Waals surface area contributed by atoms with E-state index < -0.39 is 0 Å². The van der Waals surface area contributed by atoms with E-state index in [0.717, 1.165) is 36.8 Å². The van der Waals surface area contributed by atoms with Crippen molar-refractivity contribution in [1.29, 1.82) is 0 Å². The van der Waals surface area contributed by atoms with E-state index in [1.54, 1.807) is 12.2 Å². The average molecular weight is 445 g/mol. The molecule has 2 heteroatoms. The van der Waals surface area contributed by atoms with Crippen molar-refractivity contribution in [3.8, 4) is 0 Å². The second kappa shape index (κ2) is 18.3. The lowest BCUT2D eigenvalue weighted by molar-refractivity contribution is -0.115. The maximum atomic E-state index is 12.7. The van der Waals surface area contributed by atoms with Crippen LogP contribution in [0.4, 0.5) is 0 Å². The fourth-order valence-corrected chi connectivity index (χ4v) is 4.84. The second-order valence-electron chi connectivity index (χ2n) is 10.3. The normalized spacial score (nSPS) is 16.1. The van der Waals surface area contributed by atoms with Gasteiger partial charge in [-0.25, -0.2) is 0 Å². The molecule has 1 aliphatic rings. The number of allylic oxidation sites excluding steroid dienone is 4. The molecule has 0 spiro atoms. The van der Waals surface area contributed by atoms with Gasteiger partial charge < -0.3 is 0 Å². The van der Waals surface area contributed by atoms with Crippen LogP contribution >= 0.6 is 0 Å². The number of rotatable bonds is 20. The molecule has 0 aromatic heterocycles. The lowest BCUT2D eigenvalue weighted by atomic mass is 9.82. The van der Waals surface area contributed by atoms with Crippen molar-refractivity contribution in [3.63, 3.8) is 0 Å². The van der Waals surface area contributed by atoms with Gasteiger partial charge >= 0.3 is 0 Å². The van der Waals surface area contributed by atoms with Crippen molar-refractivity contribution in [3.05, 3.63) is 23.3 Å². The van der Waals surface area contributed by atoms with E-state index in [9.17, 15) is 9.59 Å². The van der Waals surface area contributed by atoms with Crippen LogP contribution in [0.3, 0.4) is 0 Å². The first-order valence-electron chi connectivity index (χ1n) is 14.0. The molecule has 32 heavy (non-hydrogen) atoms. The van der Waals surface area contributed by atoms with Crippen LogP contribution < -0.4 is 0 Å². The van der Waals surface area contributed by atoms with Gasteiger partial charge in [0.25, 0.3) is 0 Å². The Morgan fingerprint density at radius 1 is 0.500 bits per heavy atom. The van der Waals surface area contributed by atoms with Gasteiger partial charge in [-0.1, -0.05) is 130 Å². The fourth-order valence-electron chi connectivity index (χ4n) is 4.84. The first-order chi connectivity index (χ1) is 15.5. The lowest BCUT2D eigenvalue weighted by Gasteiger charge is -2.21. The van der Waals surface area contributed by atoms with Crippen molar-refractivity contribution in [1.82, 2.24) is 0 Å². The summed E-state index contributed by atoms with van der Waals surface area (Å²) < 4.78 is 0. The monoisotopic (exact) mass is 444 g/mol. The van der Waals surface area contributed by atoms with Crippen molar-refractivity contribution in [2.24, 2.45) is 11.8 Å². The summed E-state index contributed by atoms with van der Waals surface area (Å²) in [4.78, 5) is 25.5. The summed E-state index contributed by atoms with van der Waals surface area (Å²) in [5.74, 6) is 0.531. The van der Waals surface area contributed by atoms with E-state index >= 15 is 0 Å². The Kier molecular flexibility index (Phi) is 16.5. The summed E-state index contributed by atoms with van der Waals surface area (Å²) in [7, 11) is 0. The van der Waals surface area contributed by atoms with Gasteiger partial charge in [0.1, 0.15) is 0 Å². The molecular formula is C30H52O2. The molecule has 0 amide bonds. The zero-order valence-corrected chi connectivity index (χ0v) is 21.9. The average Bonchev–Trinajstić information content (AvgIpc) is 2.78. The molecule has 2 unspecified atom stereocenters. The van der Waals surface area contributed by atoms with E-state index in [2.05, 4.69) is 27.7 Å². The summed E-state index contributed by atoms with van der Waals surface area (Å²) in [5, 5.41) is 0. The minimum Gasteiger partial charge on any atom is -0.290 e. The largest absolute Gasteiger partial charge is 0.290 e. The summed E-state index contributed by atoms with van der Waals surface area (Å²) in [6, 6.07) is 0. The van der Waals surface area contributed by atoms with E-state index in [1.165, 1.54) is 89.9 Å². The minimum atomic E-state index is 0.0782. The highest BCUT2D eigenvalue weighted by Crippen LogP contribution is 2.28. The molecule has 1 aliphatic carbocycles. The van der Waals surface area contributed by atoms with E-state index in [4.69, 9.17) is 0 Å². The molecule has 0 fully saturated rings. The van der Waals surface area contributed by atoms with Crippen LogP contribution in [0.25, 0.3) is 0 Å².